The smallest absolute Gasteiger partial charge is 0.408 e. The molecule has 0 aliphatic rings. The van der Waals surface area contributed by atoms with Gasteiger partial charge in [0.1, 0.15) is 17.9 Å². The van der Waals surface area contributed by atoms with Gasteiger partial charge in [-0.2, -0.15) is 0 Å². The zero-order valence-electron chi connectivity index (χ0n) is 15.2. The zero-order valence-corrected chi connectivity index (χ0v) is 15.2. The number of ether oxygens (including phenoxy) is 2. The van der Waals surface area contributed by atoms with Crippen LogP contribution in [0.2, 0.25) is 0 Å². The first kappa shape index (κ1) is 19.3. The van der Waals surface area contributed by atoms with Crippen molar-refractivity contribution in [3.63, 3.8) is 0 Å². The molecule has 2 N–H and O–H groups in total. The Morgan fingerprint density at radius 3 is 2.35 bits per heavy atom. The van der Waals surface area contributed by atoms with Gasteiger partial charge < -0.3 is 20.1 Å². The fourth-order valence-corrected chi connectivity index (χ4v) is 2.32. The molecule has 0 bridgehead atoms. The predicted molar refractivity (Wildman–Crippen MR) is 98.7 cm³/mol. The Balaban J connectivity index is 1.85. The number of benzene rings is 2. The zero-order chi connectivity index (χ0) is 19.0. The summed E-state index contributed by atoms with van der Waals surface area (Å²) in [6.45, 7) is 3.68. The maximum Gasteiger partial charge on any atom is 0.408 e. The molecule has 0 radical (unpaired) electrons. The highest BCUT2D eigenvalue weighted by Gasteiger charge is 2.30. The minimum Gasteiger partial charge on any atom is -0.496 e. The molecule has 0 spiro atoms. The van der Waals surface area contributed by atoms with Crippen LogP contribution in [0.1, 0.15) is 25.0 Å². The number of alkyl carbamates (subject to hydrolysis) is 1. The topological polar surface area (TPSA) is 76.7 Å². The van der Waals surface area contributed by atoms with Crippen molar-refractivity contribution in [1.29, 1.82) is 0 Å². The molecule has 2 amide bonds. The van der Waals surface area contributed by atoms with Gasteiger partial charge in [0, 0.05) is 12.1 Å². The monoisotopic (exact) mass is 356 g/mol. The molecule has 0 heterocycles. The molecule has 26 heavy (non-hydrogen) atoms. The van der Waals surface area contributed by atoms with Crippen molar-refractivity contribution in [3.8, 4) is 5.75 Å². The molecule has 138 valence electrons. The second-order valence-corrected chi connectivity index (χ2v) is 6.31. The van der Waals surface area contributed by atoms with Crippen LogP contribution in [0, 0.1) is 0 Å². The van der Waals surface area contributed by atoms with Crippen LogP contribution < -0.4 is 15.4 Å². The van der Waals surface area contributed by atoms with Gasteiger partial charge in [-0.25, -0.2) is 4.79 Å². The molecule has 6 heteroatoms. The fourth-order valence-electron chi connectivity index (χ4n) is 2.32. The Labute approximate surface area is 153 Å². The van der Waals surface area contributed by atoms with Crippen molar-refractivity contribution in [3.05, 3.63) is 65.7 Å². The van der Waals surface area contributed by atoms with Crippen LogP contribution in [0.3, 0.4) is 0 Å². The molecule has 0 unspecified atom stereocenters. The molecule has 2 aromatic rings. The predicted octanol–water partition coefficient (Wildman–Crippen LogP) is 3.02. The number of methoxy groups -OCH3 is 1. The van der Waals surface area contributed by atoms with Crippen LogP contribution in [-0.2, 0) is 22.7 Å². The third-order valence-electron chi connectivity index (χ3n) is 3.83. The summed E-state index contributed by atoms with van der Waals surface area (Å²) in [5.41, 5.74) is 0.613. The van der Waals surface area contributed by atoms with Crippen LogP contribution in [0.15, 0.2) is 54.6 Å². The summed E-state index contributed by atoms with van der Waals surface area (Å²) >= 11 is 0. The maximum atomic E-state index is 12.4. The summed E-state index contributed by atoms with van der Waals surface area (Å²) < 4.78 is 10.4. The summed E-state index contributed by atoms with van der Waals surface area (Å²) in [6.07, 6.45) is -0.647. The van der Waals surface area contributed by atoms with Crippen molar-refractivity contribution in [2.24, 2.45) is 0 Å². The van der Waals surface area contributed by atoms with Gasteiger partial charge in [-0.05, 0) is 25.5 Å². The highest BCUT2D eigenvalue weighted by atomic mass is 16.5. The molecule has 0 aliphatic heterocycles. The first-order chi connectivity index (χ1) is 12.4. The molecule has 0 aliphatic carbocycles. The average molecular weight is 356 g/mol. The van der Waals surface area contributed by atoms with E-state index in [4.69, 9.17) is 9.47 Å². The van der Waals surface area contributed by atoms with E-state index < -0.39 is 11.6 Å². The van der Waals surface area contributed by atoms with Crippen LogP contribution >= 0.6 is 0 Å². The third kappa shape index (κ3) is 5.51. The number of hydrogen-bond acceptors (Lipinski definition) is 4. The Bertz CT molecular complexity index is 744. The van der Waals surface area contributed by atoms with E-state index in [9.17, 15) is 9.59 Å². The lowest BCUT2D eigenvalue weighted by Gasteiger charge is -2.25. The van der Waals surface area contributed by atoms with Crippen molar-refractivity contribution >= 4 is 12.0 Å². The number of amides is 2. The Morgan fingerprint density at radius 2 is 1.65 bits per heavy atom. The van der Waals surface area contributed by atoms with Gasteiger partial charge in [-0.3, -0.25) is 4.79 Å². The molecule has 0 atom stereocenters. The number of carbonyl (C=O) groups excluding carboxylic acids is 2. The van der Waals surface area contributed by atoms with Gasteiger partial charge >= 0.3 is 6.09 Å². The summed E-state index contributed by atoms with van der Waals surface area (Å²) in [5.74, 6) is 0.376. The van der Waals surface area contributed by atoms with Crippen LogP contribution in [0.5, 0.6) is 5.75 Å². The number of para-hydroxylation sites is 1. The minimum atomic E-state index is -1.12. The fraction of sp³-hybridized carbons (Fsp3) is 0.300. The van der Waals surface area contributed by atoms with Crippen LogP contribution in [0.25, 0.3) is 0 Å². The van der Waals surface area contributed by atoms with E-state index in [1.54, 1.807) is 21.0 Å². The molecule has 0 saturated heterocycles. The van der Waals surface area contributed by atoms with Crippen molar-refractivity contribution in [2.45, 2.75) is 32.5 Å². The number of nitrogens with one attached hydrogen (secondary N) is 2. The van der Waals surface area contributed by atoms with Gasteiger partial charge in [0.2, 0.25) is 5.91 Å². The van der Waals surface area contributed by atoms with Gasteiger partial charge in [0.25, 0.3) is 0 Å². The summed E-state index contributed by atoms with van der Waals surface area (Å²) in [6, 6.07) is 16.8. The van der Waals surface area contributed by atoms with Gasteiger partial charge in [-0.15, -0.1) is 0 Å². The first-order valence-electron chi connectivity index (χ1n) is 8.31. The van der Waals surface area contributed by atoms with E-state index >= 15 is 0 Å². The van der Waals surface area contributed by atoms with Crippen LogP contribution in [0.4, 0.5) is 4.79 Å². The average Bonchev–Trinajstić information content (AvgIpc) is 2.65. The lowest BCUT2D eigenvalue weighted by Crippen LogP contribution is -2.54. The van der Waals surface area contributed by atoms with E-state index in [0.717, 1.165) is 11.1 Å². The Hall–Kier alpha value is -3.02. The molecular weight excluding hydrogens is 332 g/mol. The molecule has 6 nitrogen and oxygen atoms in total. The number of hydrogen-bond donors (Lipinski definition) is 2. The van der Waals surface area contributed by atoms with Gasteiger partial charge in [-0.1, -0.05) is 48.5 Å². The highest BCUT2D eigenvalue weighted by molar-refractivity contribution is 5.89. The summed E-state index contributed by atoms with van der Waals surface area (Å²) in [5, 5.41) is 5.39. The summed E-state index contributed by atoms with van der Waals surface area (Å²) in [7, 11) is 1.58. The van der Waals surface area contributed by atoms with Crippen molar-refractivity contribution in [2.75, 3.05) is 7.11 Å². The van der Waals surface area contributed by atoms with Crippen molar-refractivity contribution < 1.29 is 19.1 Å². The second-order valence-electron chi connectivity index (χ2n) is 6.31. The molecule has 0 fully saturated rings. The quantitative estimate of drug-likeness (QED) is 0.799. The Morgan fingerprint density at radius 1 is 1.00 bits per heavy atom. The van der Waals surface area contributed by atoms with Gasteiger partial charge in [0.15, 0.2) is 0 Å². The second kappa shape index (κ2) is 8.89. The maximum absolute atomic E-state index is 12.4. The largest absolute Gasteiger partial charge is 0.496 e. The standard InChI is InChI=1S/C20H24N2O4/c1-20(2,22-19(24)26-14-15-9-5-4-6-10-15)18(23)21-13-16-11-7-8-12-17(16)25-3/h4-12H,13-14H2,1-3H3,(H,21,23)(H,22,24). The molecular formula is C20H24N2O4. The highest BCUT2D eigenvalue weighted by Crippen LogP contribution is 2.17. The normalized spacial score (nSPS) is 10.7. The van der Waals surface area contributed by atoms with Gasteiger partial charge in [0.05, 0.1) is 7.11 Å². The first-order valence-corrected chi connectivity index (χ1v) is 8.31. The lowest BCUT2D eigenvalue weighted by atomic mass is 10.0. The van der Waals surface area contributed by atoms with Crippen molar-refractivity contribution in [1.82, 2.24) is 10.6 Å². The third-order valence-corrected chi connectivity index (χ3v) is 3.83. The Kier molecular flexibility index (Phi) is 6.60. The number of carbonyl (C=O) groups is 2. The van der Waals surface area contributed by atoms with E-state index in [2.05, 4.69) is 10.6 Å². The summed E-state index contributed by atoms with van der Waals surface area (Å²) in [4.78, 5) is 24.4. The lowest BCUT2D eigenvalue weighted by molar-refractivity contribution is -0.126. The van der Waals surface area contributed by atoms with E-state index in [1.807, 2.05) is 54.6 Å². The minimum absolute atomic E-state index is 0.144. The van der Waals surface area contributed by atoms with E-state index in [1.165, 1.54) is 0 Å². The SMILES string of the molecule is COc1ccccc1CNC(=O)C(C)(C)NC(=O)OCc1ccccc1. The molecule has 0 saturated carbocycles. The molecule has 2 rings (SSSR count). The molecule has 0 aromatic heterocycles. The van der Waals surface area contributed by atoms with E-state index in [-0.39, 0.29) is 12.5 Å². The number of rotatable bonds is 7. The van der Waals surface area contributed by atoms with Crippen LogP contribution in [-0.4, -0.2) is 24.6 Å². The van der Waals surface area contributed by atoms with E-state index in [0.29, 0.717) is 12.3 Å². The molecule has 2 aromatic carbocycles.